The Morgan fingerprint density at radius 3 is 2.56 bits per heavy atom. The number of nitrogens with zero attached hydrogens (tertiary/aromatic N) is 3. The number of rotatable bonds is 9. The predicted octanol–water partition coefficient (Wildman–Crippen LogP) is 5.80. The van der Waals surface area contributed by atoms with Crippen molar-refractivity contribution in [3.05, 3.63) is 41.6 Å². The van der Waals surface area contributed by atoms with Gasteiger partial charge in [-0.3, -0.25) is 9.52 Å². The van der Waals surface area contributed by atoms with Crippen LogP contribution in [0.25, 0.3) is 0 Å². The molecule has 1 aliphatic rings. The summed E-state index contributed by atoms with van der Waals surface area (Å²) in [5.74, 6) is 1.83. The van der Waals surface area contributed by atoms with Gasteiger partial charge in [0.25, 0.3) is 5.91 Å². The minimum atomic E-state index is -0.379. The van der Waals surface area contributed by atoms with Gasteiger partial charge in [-0.25, -0.2) is 9.97 Å². The number of hydrogen-bond acceptors (Lipinski definition) is 7. The van der Waals surface area contributed by atoms with Gasteiger partial charge in [0, 0.05) is 41.2 Å². The summed E-state index contributed by atoms with van der Waals surface area (Å²) in [6.07, 6.45) is 2.21. The fourth-order valence-electron chi connectivity index (χ4n) is 4.86. The number of anilines is 2. The second-order valence-electron chi connectivity index (χ2n) is 11.8. The Kier molecular flexibility index (Phi) is 8.93. The largest absolute Gasteiger partial charge is 0.393 e. The Balaban J connectivity index is 1.80. The summed E-state index contributed by atoms with van der Waals surface area (Å²) in [5.41, 5.74) is 1.36. The molecule has 3 unspecified atom stereocenters. The number of amides is 1. The van der Waals surface area contributed by atoms with E-state index < -0.39 is 0 Å². The van der Waals surface area contributed by atoms with Gasteiger partial charge in [-0.2, -0.15) is 0 Å². The van der Waals surface area contributed by atoms with E-state index in [0.29, 0.717) is 22.9 Å². The van der Waals surface area contributed by atoms with Crippen LogP contribution in [-0.2, 0) is 5.41 Å². The van der Waals surface area contributed by atoms with Gasteiger partial charge < -0.3 is 15.3 Å². The highest BCUT2D eigenvalue weighted by molar-refractivity contribution is 7.97. The zero-order valence-corrected chi connectivity index (χ0v) is 23.9. The van der Waals surface area contributed by atoms with Crippen LogP contribution in [0.3, 0.4) is 0 Å². The highest BCUT2D eigenvalue weighted by Gasteiger charge is 2.39. The van der Waals surface area contributed by atoms with Crippen molar-refractivity contribution in [3.8, 4) is 0 Å². The van der Waals surface area contributed by atoms with Gasteiger partial charge in [-0.1, -0.05) is 40.7 Å². The third-order valence-electron chi connectivity index (χ3n) is 6.66. The lowest BCUT2D eigenvalue weighted by atomic mass is 9.91. The summed E-state index contributed by atoms with van der Waals surface area (Å²) in [7, 11) is 0. The van der Waals surface area contributed by atoms with Crippen molar-refractivity contribution in [1.29, 1.82) is 0 Å². The van der Waals surface area contributed by atoms with E-state index in [1.54, 1.807) is 6.92 Å². The second-order valence-corrected chi connectivity index (χ2v) is 12.6. The van der Waals surface area contributed by atoms with Crippen molar-refractivity contribution in [2.75, 3.05) is 16.8 Å². The number of aliphatic hydroxyl groups is 1. The molecule has 1 aliphatic heterocycles. The van der Waals surface area contributed by atoms with Crippen molar-refractivity contribution >= 4 is 29.5 Å². The van der Waals surface area contributed by atoms with E-state index in [1.165, 1.54) is 11.9 Å². The van der Waals surface area contributed by atoms with Crippen molar-refractivity contribution in [1.82, 2.24) is 14.7 Å². The summed E-state index contributed by atoms with van der Waals surface area (Å²) >= 11 is 1.20. The summed E-state index contributed by atoms with van der Waals surface area (Å²) in [6.45, 7) is 17.9. The van der Waals surface area contributed by atoms with E-state index in [-0.39, 0.29) is 29.0 Å². The van der Waals surface area contributed by atoms with Crippen molar-refractivity contribution in [2.24, 2.45) is 5.92 Å². The van der Waals surface area contributed by atoms with Gasteiger partial charge >= 0.3 is 0 Å². The van der Waals surface area contributed by atoms with E-state index in [4.69, 9.17) is 4.98 Å². The zero-order chi connectivity index (χ0) is 26.7. The Labute approximate surface area is 221 Å². The summed E-state index contributed by atoms with van der Waals surface area (Å²) in [5, 5.41) is 13.8. The van der Waals surface area contributed by atoms with Crippen molar-refractivity contribution in [2.45, 2.75) is 103 Å². The third kappa shape index (κ3) is 7.13. The fraction of sp³-hybridized carbons (Fsp3) is 0.607. The molecule has 2 aromatic heterocycles. The Hall–Kier alpha value is -2.32. The lowest BCUT2D eigenvalue weighted by Gasteiger charge is -2.34. The molecule has 3 atom stereocenters. The van der Waals surface area contributed by atoms with E-state index >= 15 is 0 Å². The summed E-state index contributed by atoms with van der Waals surface area (Å²) in [4.78, 5) is 25.4. The van der Waals surface area contributed by atoms with Crippen molar-refractivity contribution in [3.63, 3.8) is 0 Å². The summed E-state index contributed by atoms with van der Waals surface area (Å²) < 4.78 is 2.98. The quantitative estimate of drug-likeness (QED) is 0.365. The lowest BCUT2D eigenvalue weighted by Crippen LogP contribution is -2.40. The molecule has 1 fully saturated rings. The first-order valence-electron chi connectivity index (χ1n) is 13.0. The van der Waals surface area contributed by atoms with Crippen LogP contribution < -0.4 is 14.9 Å². The van der Waals surface area contributed by atoms with Crippen molar-refractivity contribution < 1.29 is 9.90 Å². The molecule has 3 heterocycles. The molecule has 7 nitrogen and oxygen atoms in total. The first-order chi connectivity index (χ1) is 16.8. The summed E-state index contributed by atoms with van der Waals surface area (Å²) in [6, 6.07) is 9.70. The van der Waals surface area contributed by atoms with Gasteiger partial charge in [0.2, 0.25) is 0 Å². The van der Waals surface area contributed by atoms with Gasteiger partial charge in [0.1, 0.15) is 16.7 Å². The first kappa shape index (κ1) is 28.3. The van der Waals surface area contributed by atoms with Gasteiger partial charge in [0.15, 0.2) is 0 Å². The Morgan fingerprint density at radius 1 is 1.25 bits per heavy atom. The van der Waals surface area contributed by atoms with E-state index in [1.807, 2.05) is 30.3 Å². The standard InChI is InChI=1S/C28H43N5O2S/c1-9-20(15-19(3)34)29-23-11-10-12-24(31-23)36-32-26(35)21-13-14-22(27(4,5)6)30-25(21)33-17-18(2)16-28(33,7)8/h10-14,18-20,34H,9,15-17H2,1-8H3,(H,29,31)(H,32,35). The SMILES string of the molecule is CCC(CC(C)O)Nc1cccc(SNC(=O)c2ccc(C(C)(C)C)nc2N2CC(C)CC2(C)C)n1. The molecule has 1 saturated heterocycles. The number of aliphatic hydroxyl groups excluding tert-OH is 1. The van der Waals surface area contributed by atoms with Crippen LogP contribution in [0.1, 0.15) is 90.7 Å². The van der Waals surface area contributed by atoms with E-state index in [0.717, 1.165) is 36.7 Å². The Bertz CT molecular complexity index is 1050. The molecule has 3 rings (SSSR count). The maximum atomic E-state index is 13.4. The minimum Gasteiger partial charge on any atom is -0.393 e. The molecular weight excluding hydrogens is 470 g/mol. The molecule has 36 heavy (non-hydrogen) atoms. The number of carbonyl (C=O) groups excluding carboxylic acids is 1. The highest BCUT2D eigenvalue weighted by atomic mass is 32.2. The van der Waals surface area contributed by atoms with E-state index in [2.05, 4.69) is 68.4 Å². The molecule has 3 N–H and O–H groups in total. The number of carbonyl (C=O) groups is 1. The van der Waals surface area contributed by atoms with Gasteiger partial charge in [-0.05, 0) is 70.2 Å². The number of hydrogen-bond donors (Lipinski definition) is 3. The maximum absolute atomic E-state index is 13.4. The van der Waals surface area contributed by atoms with Crippen LogP contribution >= 0.6 is 11.9 Å². The normalized spacial score (nSPS) is 19.1. The molecule has 0 spiro atoms. The second kappa shape index (κ2) is 11.4. The number of pyridine rings is 2. The maximum Gasteiger partial charge on any atom is 0.265 e. The van der Waals surface area contributed by atoms with Crippen LogP contribution in [0.4, 0.5) is 11.6 Å². The van der Waals surface area contributed by atoms with Crippen LogP contribution in [-0.4, -0.2) is 45.2 Å². The van der Waals surface area contributed by atoms with Crippen LogP contribution in [0.5, 0.6) is 0 Å². The average molecular weight is 514 g/mol. The predicted molar refractivity (Wildman–Crippen MR) is 150 cm³/mol. The molecule has 0 saturated carbocycles. The van der Waals surface area contributed by atoms with Crippen LogP contribution in [0.15, 0.2) is 35.4 Å². The molecule has 8 heteroatoms. The molecule has 1 amide bonds. The van der Waals surface area contributed by atoms with E-state index in [9.17, 15) is 9.90 Å². The van der Waals surface area contributed by atoms with Crippen LogP contribution in [0, 0.1) is 5.92 Å². The van der Waals surface area contributed by atoms with Crippen LogP contribution in [0.2, 0.25) is 0 Å². The molecule has 0 aromatic carbocycles. The monoisotopic (exact) mass is 513 g/mol. The first-order valence-corrected chi connectivity index (χ1v) is 13.8. The molecule has 2 aromatic rings. The average Bonchev–Trinajstić information content (AvgIpc) is 3.07. The minimum absolute atomic E-state index is 0.0749. The van der Waals surface area contributed by atoms with Gasteiger partial charge in [-0.15, -0.1) is 0 Å². The molecule has 198 valence electrons. The smallest absolute Gasteiger partial charge is 0.265 e. The molecule has 0 radical (unpaired) electrons. The number of nitrogens with one attached hydrogen (secondary N) is 2. The molecular formula is C28H43N5O2S. The lowest BCUT2D eigenvalue weighted by molar-refractivity contribution is 0.0984. The molecule has 0 aliphatic carbocycles. The highest BCUT2D eigenvalue weighted by Crippen LogP contribution is 2.38. The third-order valence-corrected chi connectivity index (χ3v) is 7.38. The topological polar surface area (TPSA) is 90.4 Å². The fourth-order valence-corrected chi connectivity index (χ4v) is 5.46. The van der Waals surface area contributed by atoms with Gasteiger partial charge in [0.05, 0.1) is 11.7 Å². The molecule has 0 bridgehead atoms. The Morgan fingerprint density at radius 2 is 1.97 bits per heavy atom. The number of aromatic nitrogens is 2. The zero-order valence-electron chi connectivity index (χ0n) is 23.1.